The Morgan fingerprint density at radius 3 is 2.79 bits per heavy atom. The molecule has 0 spiro atoms. The molecule has 1 aromatic carbocycles. The lowest BCUT2D eigenvalue weighted by atomic mass is 9.71. The molecule has 0 aromatic heterocycles. The van der Waals surface area contributed by atoms with Gasteiger partial charge in [-0.25, -0.2) is 0 Å². The second-order valence-corrected chi connectivity index (χ2v) is 4.11. The van der Waals surface area contributed by atoms with Gasteiger partial charge in [-0.05, 0) is 36.6 Å². The molecule has 0 radical (unpaired) electrons. The van der Waals surface area contributed by atoms with Crippen molar-refractivity contribution in [2.45, 2.75) is 18.8 Å². The maximum Gasteiger partial charge on any atom is 0.0662 e. The second-order valence-electron chi connectivity index (χ2n) is 3.70. The number of nitrogens with zero attached hydrogens (tertiary/aromatic N) is 1. The van der Waals surface area contributed by atoms with Crippen LogP contribution in [0, 0.1) is 17.2 Å². The second kappa shape index (κ2) is 3.51. The fraction of sp³-hybridized carbons (Fsp3) is 0.364. The van der Waals surface area contributed by atoms with Gasteiger partial charge in [0.1, 0.15) is 0 Å². The van der Waals surface area contributed by atoms with Gasteiger partial charge in [0.2, 0.25) is 0 Å². The van der Waals surface area contributed by atoms with E-state index in [1.54, 1.807) is 12.1 Å². The summed E-state index contributed by atoms with van der Waals surface area (Å²) in [7, 11) is 0. The van der Waals surface area contributed by atoms with Crippen molar-refractivity contribution in [3.63, 3.8) is 0 Å². The zero-order valence-corrected chi connectivity index (χ0v) is 8.46. The van der Waals surface area contributed by atoms with E-state index in [-0.39, 0.29) is 11.8 Å². The minimum atomic E-state index is 0.120. The Labute approximate surface area is 88.3 Å². The minimum Gasteiger partial charge on any atom is -0.399 e. The third kappa shape index (κ3) is 1.44. The molecular formula is C11H11ClN2. The Balaban J connectivity index is 2.32. The van der Waals surface area contributed by atoms with Crippen LogP contribution >= 0.6 is 11.6 Å². The first-order valence-corrected chi connectivity index (χ1v) is 5.04. The van der Waals surface area contributed by atoms with Gasteiger partial charge < -0.3 is 5.73 Å². The average molecular weight is 207 g/mol. The highest BCUT2D eigenvalue weighted by molar-refractivity contribution is 6.31. The van der Waals surface area contributed by atoms with E-state index < -0.39 is 0 Å². The van der Waals surface area contributed by atoms with Crippen molar-refractivity contribution in [3.8, 4) is 6.07 Å². The summed E-state index contributed by atoms with van der Waals surface area (Å²) in [4.78, 5) is 0. The zero-order chi connectivity index (χ0) is 10.1. The van der Waals surface area contributed by atoms with E-state index in [0.29, 0.717) is 5.69 Å². The fourth-order valence-electron chi connectivity index (χ4n) is 1.87. The molecule has 0 heterocycles. The summed E-state index contributed by atoms with van der Waals surface area (Å²) in [6.45, 7) is 0. The van der Waals surface area contributed by atoms with Crippen molar-refractivity contribution in [2.75, 3.05) is 5.73 Å². The molecule has 0 bridgehead atoms. The first-order chi connectivity index (χ1) is 6.72. The number of benzene rings is 1. The van der Waals surface area contributed by atoms with Crippen LogP contribution in [0.5, 0.6) is 0 Å². The summed E-state index contributed by atoms with van der Waals surface area (Å²) >= 11 is 6.06. The van der Waals surface area contributed by atoms with Crippen LogP contribution in [-0.2, 0) is 0 Å². The molecule has 0 saturated heterocycles. The summed E-state index contributed by atoms with van der Waals surface area (Å²) < 4.78 is 0. The molecule has 72 valence electrons. The van der Waals surface area contributed by atoms with E-state index in [2.05, 4.69) is 6.07 Å². The van der Waals surface area contributed by atoms with Gasteiger partial charge in [0.25, 0.3) is 0 Å². The number of nitriles is 1. The summed E-state index contributed by atoms with van der Waals surface area (Å²) in [6.07, 6.45) is 2.02. The number of halogens is 1. The van der Waals surface area contributed by atoms with Crippen molar-refractivity contribution < 1.29 is 0 Å². The van der Waals surface area contributed by atoms with Crippen molar-refractivity contribution in [1.29, 1.82) is 5.26 Å². The molecule has 1 fully saturated rings. The lowest BCUT2D eigenvalue weighted by Gasteiger charge is -2.32. The van der Waals surface area contributed by atoms with E-state index in [1.165, 1.54) is 0 Å². The Hall–Kier alpha value is -1.20. The number of rotatable bonds is 1. The van der Waals surface area contributed by atoms with Crippen LogP contribution in [0.3, 0.4) is 0 Å². The standard InChI is InChI=1S/C11H11ClN2/c12-11-4-2-8(14)5-10(11)9-3-1-7(9)6-13/h2,4-5,7,9H,1,3,14H2. The molecule has 0 amide bonds. The number of nitrogen functional groups attached to an aromatic ring is 1. The molecule has 0 aliphatic heterocycles. The van der Waals surface area contributed by atoms with E-state index >= 15 is 0 Å². The Morgan fingerprint density at radius 1 is 1.43 bits per heavy atom. The van der Waals surface area contributed by atoms with Crippen LogP contribution < -0.4 is 5.73 Å². The Bertz CT molecular complexity index is 395. The molecule has 2 unspecified atom stereocenters. The minimum absolute atomic E-state index is 0.120. The van der Waals surface area contributed by atoms with Gasteiger partial charge in [-0.15, -0.1) is 0 Å². The van der Waals surface area contributed by atoms with E-state index in [4.69, 9.17) is 22.6 Å². The molecule has 2 atom stereocenters. The smallest absolute Gasteiger partial charge is 0.0662 e. The van der Waals surface area contributed by atoms with Crippen molar-refractivity contribution in [2.24, 2.45) is 5.92 Å². The average Bonchev–Trinajstić information content (AvgIpc) is 2.10. The van der Waals surface area contributed by atoms with Crippen LogP contribution in [0.1, 0.15) is 24.3 Å². The SMILES string of the molecule is N#CC1CCC1c1cc(N)ccc1Cl. The lowest BCUT2D eigenvalue weighted by molar-refractivity contribution is 0.325. The predicted molar refractivity (Wildman–Crippen MR) is 56.9 cm³/mol. The first-order valence-electron chi connectivity index (χ1n) is 4.67. The molecule has 3 heteroatoms. The maximum absolute atomic E-state index is 8.85. The molecule has 14 heavy (non-hydrogen) atoms. The molecule has 2 N–H and O–H groups in total. The Morgan fingerprint density at radius 2 is 2.21 bits per heavy atom. The van der Waals surface area contributed by atoms with Crippen LogP contribution in [-0.4, -0.2) is 0 Å². The van der Waals surface area contributed by atoms with E-state index in [9.17, 15) is 0 Å². The van der Waals surface area contributed by atoms with Gasteiger partial charge in [-0.1, -0.05) is 11.6 Å². The molecule has 1 aromatic rings. The van der Waals surface area contributed by atoms with Gasteiger partial charge in [-0.2, -0.15) is 5.26 Å². The van der Waals surface area contributed by atoms with Crippen molar-refractivity contribution in [3.05, 3.63) is 28.8 Å². The molecule has 1 saturated carbocycles. The predicted octanol–water partition coefficient (Wildman–Crippen LogP) is 2.94. The van der Waals surface area contributed by atoms with Crippen LogP contribution in [0.2, 0.25) is 5.02 Å². The van der Waals surface area contributed by atoms with Crippen LogP contribution in [0.4, 0.5) is 5.69 Å². The summed E-state index contributed by atoms with van der Waals surface area (Å²) in [5, 5.41) is 9.58. The van der Waals surface area contributed by atoms with Crippen LogP contribution in [0.15, 0.2) is 18.2 Å². The van der Waals surface area contributed by atoms with Gasteiger partial charge >= 0.3 is 0 Å². The molecule has 1 aliphatic rings. The first kappa shape index (κ1) is 9.36. The summed E-state index contributed by atoms with van der Waals surface area (Å²) in [6, 6.07) is 7.77. The van der Waals surface area contributed by atoms with E-state index in [0.717, 1.165) is 23.4 Å². The third-order valence-corrected chi connectivity index (χ3v) is 3.20. The number of nitrogens with two attached hydrogens (primary N) is 1. The zero-order valence-electron chi connectivity index (χ0n) is 7.70. The van der Waals surface area contributed by atoms with Crippen molar-refractivity contribution >= 4 is 17.3 Å². The summed E-state index contributed by atoms with van der Waals surface area (Å²) in [5.41, 5.74) is 7.44. The van der Waals surface area contributed by atoms with Gasteiger partial charge in [0, 0.05) is 16.6 Å². The van der Waals surface area contributed by atoms with Crippen LogP contribution in [0.25, 0.3) is 0 Å². The van der Waals surface area contributed by atoms with Gasteiger partial charge in [-0.3, -0.25) is 0 Å². The highest BCUT2D eigenvalue weighted by Crippen LogP contribution is 2.44. The molecule has 1 aliphatic carbocycles. The number of hydrogen-bond donors (Lipinski definition) is 1. The largest absolute Gasteiger partial charge is 0.399 e. The maximum atomic E-state index is 8.85. The molecule has 2 nitrogen and oxygen atoms in total. The highest BCUT2D eigenvalue weighted by atomic mass is 35.5. The topological polar surface area (TPSA) is 49.8 Å². The van der Waals surface area contributed by atoms with Crippen molar-refractivity contribution in [1.82, 2.24) is 0 Å². The normalized spacial score (nSPS) is 25.1. The number of hydrogen-bond acceptors (Lipinski definition) is 2. The fourth-order valence-corrected chi connectivity index (χ4v) is 2.13. The third-order valence-electron chi connectivity index (χ3n) is 2.86. The van der Waals surface area contributed by atoms with E-state index in [1.807, 2.05) is 6.07 Å². The molecule has 2 rings (SSSR count). The van der Waals surface area contributed by atoms with Gasteiger partial charge in [0.15, 0.2) is 0 Å². The quantitative estimate of drug-likeness (QED) is 0.719. The lowest BCUT2D eigenvalue weighted by Crippen LogP contribution is -2.22. The highest BCUT2D eigenvalue weighted by Gasteiger charge is 2.33. The molecular weight excluding hydrogens is 196 g/mol. The summed E-state index contributed by atoms with van der Waals surface area (Å²) in [5.74, 6) is 0.408. The van der Waals surface area contributed by atoms with Gasteiger partial charge in [0.05, 0.1) is 12.0 Å². The number of anilines is 1. The monoisotopic (exact) mass is 206 g/mol. The Kier molecular flexibility index (Phi) is 2.35.